The van der Waals surface area contributed by atoms with E-state index in [0.29, 0.717) is 5.52 Å². The SMILES string of the molecule is O=C(Nc1c(Cl)cncc1Cl)c1cn(Cc2ccc(F)cc2)c2ccc(=O)[nH]c2c1=O. The number of amides is 1. The van der Waals surface area contributed by atoms with Gasteiger partial charge < -0.3 is 14.9 Å². The van der Waals surface area contributed by atoms with Crippen molar-refractivity contribution in [3.8, 4) is 0 Å². The summed E-state index contributed by atoms with van der Waals surface area (Å²) in [5.41, 5.74) is -0.184. The van der Waals surface area contributed by atoms with Gasteiger partial charge in [-0.05, 0) is 23.8 Å². The molecular weight excluding hydrogens is 446 g/mol. The van der Waals surface area contributed by atoms with Crippen molar-refractivity contribution in [2.75, 3.05) is 5.32 Å². The molecule has 3 aromatic heterocycles. The Morgan fingerprint density at radius 3 is 2.42 bits per heavy atom. The van der Waals surface area contributed by atoms with Crippen LogP contribution < -0.4 is 16.3 Å². The molecule has 1 aromatic carbocycles. The van der Waals surface area contributed by atoms with Gasteiger partial charge in [-0.15, -0.1) is 0 Å². The number of rotatable bonds is 4. The second-order valence-corrected chi connectivity index (χ2v) is 7.46. The van der Waals surface area contributed by atoms with E-state index in [-0.39, 0.29) is 39.2 Å². The lowest BCUT2D eigenvalue weighted by atomic mass is 10.1. The monoisotopic (exact) mass is 458 g/mol. The molecule has 3 heterocycles. The Hall–Kier alpha value is -3.49. The van der Waals surface area contributed by atoms with Crippen LogP contribution in [-0.2, 0) is 6.54 Å². The molecule has 0 bridgehead atoms. The molecule has 7 nitrogen and oxygen atoms in total. The van der Waals surface area contributed by atoms with Crippen molar-refractivity contribution in [3.05, 3.63) is 103 Å². The second-order valence-electron chi connectivity index (χ2n) is 6.64. The smallest absolute Gasteiger partial charge is 0.261 e. The highest BCUT2D eigenvalue weighted by Crippen LogP contribution is 2.29. The average Bonchev–Trinajstić information content (AvgIpc) is 2.74. The maximum absolute atomic E-state index is 13.3. The fourth-order valence-electron chi connectivity index (χ4n) is 3.09. The summed E-state index contributed by atoms with van der Waals surface area (Å²) in [5.74, 6) is -1.15. The van der Waals surface area contributed by atoms with Gasteiger partial charge >= 0.3 is 0 Å². The zero-order valence-electron chi connectivity index (χ0n) is 15.7. The van der Waals surface area contributed by atoms with Gasteiger partial charge in [0.25, 0.3) is 5.91 Å². The number of pyridine rings is 3. The zero-order valence-corrected chi connectivity index (χ0v) is 17.2. The quantitative estimate of drug-likeness (QED) is 0.485. The summed E-state index contributed by atoms with van der Waals surface area (Å²) in [5, 5.41) is 2.71. The number of carbonyl (C=O) groups is 1. The Morgan fingerprint density at radius 1 is 1.06 bits per heavy atom. The Balaban J connectivity index is 1.84. The van der Waals surface area contributed by atoms with Gasteiger partial charge in [0.05, 0.1) is 21.2 Å². The predicted molar refractivity (Wildman–Crippen MR) is 117 cm³/mol. The number of anilines is 1. The Bertz CT molecular complexity index is 1410. The highest BCUT2D eigenvalue weighted by atomic mass is 35.5. The minimum Gasteiger partial charge on any atom is -0.341 e. The molecule has 0 unspecified atom stereocenters. The molecule has 0 radical (unpaired) electrons. The molecular formula is C21H13Cl2FN4O3. The predicted octanol–water partition coefficient (Wildman–Crippen LogP) is 3.83. The average molecular weight is 459 g/mol. The van der Waals surface area contributed by atoms with Crippen LogP contribution in [0.3, 0.4) is 0 Å². The number of nitrogens with zero attached hydrogens (tertiary/aromatic N) is 2. The number of carbonyl (C=O) groups excluding carboxylic acids is 1. The molecule has 0 atom stereocenters. The number of hydrogen-bond donors (Lipinski definition) is 2. The van der Waals surface area contributed by atoms with Crippen molar-refractivity contribution in [1.29, 1.82) is 0 Å². The number of nitrogens with one attached hydrogen (secondary N) is 2. The third-order valence-electron chi connectivity index (χ3n) is 4.57. The van der Waals surface area contributed by atoms with E-state index in [1.54, 1.807) is 16.7 Å². The first-order valence-corrected chi connectivity index (χ1v) is 9.70. The van der Waals surface area contributed by atoms with Crippen molar-refractivity contribution in [2.24, 2.45) is 0 Å². The number of benzene rings is 1. The van der Waals surface area contributed by atoms with Crippen LogP contribution >= 0.6 is 23.2 Å². The molecule has 0 aliphatic heterocycles. The van der Waals surface area contributed by atoms with Crippen molar-refractivity contribution in [1.82, 2.24) is 14.5 Å². The molecule has 10 heteroatoms. The zero-order chi connectivity index (χ0) is 22.1. The topological polar surface area (TPSA) is 96.8 Å². The lowest BCUT2D eigenvalue weighted by molar-refractivity contribution is 0.102. The molecule has 31 heavy (non-hydrogen) atoms. The summed E-state index contributed by atoms with van der Waals surface area (Å²) < 4.78 is 14.9. The van der Waals surface area contributed by atoms with Gasteiger partial charge in [0.2, 0.25) is 11.0 Å². The summed E-state index contributed by atoms with van der Waals surface area (Å²) >= 11 is 12.1. The van der Waals surface area contributed by atoms with Crippen LogP contribution in [0.25, 0.3) is 11.0 Å². The van der Waals surface area contributed by atoms with Gasteiger partial charge in [-0.25, -0.2) is 4.39 Å². The minimum atomic E-state index is -0.764. The number of H-pyrrole nitrogens is 1. The molecule has 1 amide bonds. The molecule has 0 saturated heterocycles. The van der Waals surface area contributed by atoms with E-state index in [9.17, 15) is 18.8 Å². The summed E-state index contributed by atoms with van der Waals surface area (Å²) in [6.45, 7) is 0.222. The highest BCUT2D eigenvalue weighted by molar-refractivity contribution is 6.39. The van der Waals surface area contributed by atoms with Crippen molar-refractivity contribution < 1.29 is 9.18 Å². The number of fused-ring (bicyclic) bond motifs is 1. The molecule has 2 N–H and O–H groups in total. The van der Waals surface area contributed by atoms with Crippen LogP contribution in [0.5, 0.6) is 0 Å². The van der Waals surface area contributed by atoms with E-state index in [2.05, 4.69) is 15.3 Å². The first-order chi connectivity index (χ1) is 14.8. The van der Waals surface area contributed by atoms with Crippen LogP contribution in [-0.4, -0.2) is 20.4 Å². The van der Waals surface area contributed by atoms with Crippen molar-refractivity contribution in [2.45, 2.75) is 6.54 Å². The maximum atomic E-state index is 13.3. The van der Waals surface area contributed by atoms with Crippen LogP contribution in [0.1, 0.15) is 15.9 Å². The van der Waals surface area contributed by atoms with Gasteiger partial charge in [0.1, 0.15) is 16.9 Å². The van der Waals surface area contributed by atoms with Gasteiger partial charge in [-0.2, -0.15) is 0 Å². The van der Waals surface area contributed by atoms with Gasteiger partial charge in [-0.1, -0.05) is 35.3 Å². The fraction of sp³-hybridized carbons (Fsp3) is 0.0476. The standard InChI is InChI=1S/C21H13Cl2FN4O3/c22-14-7-25-8-15(23)18(14)27-21(31)13-10-28(9-11-1-3-12(24)4-2-11)16-5-6-17(29)26-19(16)20(13)30/h1-8,10H,9H2,(H,26,29)(H,25,27,31). The van der Waals surface area contributed by atoms with Gasteiger partial charge in [0.15, 0.2) is 0 Å². The van der Waals surface area contributed by atoms with E-state index in [1.165, 1.54) is 42.9 Å². The number of aromatic amines is 1. The second kappa shape index (κ2) is 8.33. The lowest BCUT2D eigenvalue weighted by Gasteiger charge is -2.14. The first kappa shape index (κ1) is 20.8. The molecule has 0 fully saturated rings. The summed E-state index contributed by atoms with van der Waals surface area (Å²) in [6, 6.07) is 8.55. The van der Waals surface area contributed by atoms with Crippen molar-refractivity contribution >= 4 is 45.8 Å². The van der Waals surface area contributed by atoms with E-state index in [1.807, 2.05) is 0 Å². The Morgan fingerprint density at radius 2 is 1.74 bits per heavy atom. The lowest BCUT2D eigenvalue weighted by Crippen LogP contribution is -2.26. The molecule has 0 saturated carbocycles. The van der Waals surface area contributed by atoms with E-state index in [0.717, 1.165) is 5.56 Å². The molecule has 156 valence electrons. The van der Waals surface area contributed by atoms with E-state index in [4.69, 9.17) is 23.2 Å². The molecule has 4 rings (SSSR count). The number of hydrogen-bond acceptors (Lipinski definition) is 4. The third kappa shape index (κ3) is 4.21. The van der Waals surface area contributed by atoms with Crippen molar-refractivity contribution in [3.63, 3.8) is 0 Å². The van der Waals surface area contributed by atoms with Crippen LogP contribution in [0.4, 0.5) is 10.1 Å². The molecule has 0 aliphatic rings. The number of aromatic nitrogens is 3. The first-order valence-electron chi connectivity index (χ1n) is 8.95. The Kier molecular flexibility index (Phi) is 5.58. The van der Waals surface area contributed by atoms with E-state index < -0.39 is 16.9 Å². The van der Waals surface area contributed by atoms with Crippen LogP contribution in [0.2, 0.25) is 10.0 Å². The maximum Gasteiger partial charge on any atom is 0.261 e. The third-order valence-corrected chi connectivity index (χ3v) is 5.14. The van der Waals surface area contributed by atoms with Gasteiger partial charge in [-0.3, -0.25) is 19.4 Å². The minimum absolute atomic E-state index is 0.0332. The van der Waals surface area contributed by atoms with Crippen LogP contribution in [0, 0.1) is 5.82 Å². The largest absolute Gasteiger partial charge is 0.341 e. The normalized spacial score (nSPS) is 10.9. The summed E-state index contributed by atoms with van der Waals surface area (Å²) in [4.78, 5) is 44.0. The van der Waals surface area contributed by atoms with Gasteiger partial charge in [0, 0.05) is 31.2 Å². The summed E-state index contributed by atoms with van der Waals surface area (Å²) in [7, 11) is 0. The number of halogens is 3. The summed E-state index contributed by atoms with van der Waals surface area (Å²) in [6.07, 6.45) is 3.96. The fourth-order valence-corrected chi connectivity index (χ4v) is 3.55. The van der Waals surface area contributed by atoms with Crippen LogP contribution in [0.15, 0.2) is 64.6 Å². The molecule has 4 aromatic rings. The molecule has 0 spiro atoms. The van der Waals surface area contributed by atoms with E-state index >= 15 is 0 Å². The Labute approximate surface area is 184 Å². The molecule has 0 aliphatic carbocycles. The highest BCUT2D eigenvalue weighted by Gasteiger charge is 2.19.